The Morgan fingerprint density at radius 3 is 2.86 bits per heavy atom. The van der Waals surface area contributed by atoms with Gasteiger partial charge in [-0.15, -0.1) is 0 Å². The van der Waals surface area contributed by atoms with Gasteiger partial charge in [0.2, 0.25) is 0 Å². The molecule has 0 atom stereocenters. The molecule has 0 saturated heterocycles. The Morgan fingerprint density at radius 2 is 2.10 bits per heavy atom. The Kier molecular flexibility index (Phi) is 4.01. The van der Waals surface area contributed by atoms with E-state index < -0.39 is 0 Å². The molecule has 0 spiro atoms. The number of aromatic nitrogens is 3. The molecule has 0 bridgehead atoms. The Hall–Kier alpha value is -2.14. The van der Waals surface area contributed by atoms with Gasteiger partial charge in [0.15, 0.2) is 5.82 Å². The summed E-state index contributed by atoms with van der Waals surface area (Å²) in [6.07, 6.45) is 1.58. The van der Waals surface area contributed by atoms with E-state index >= 15 is 0 Å². The highest BCUT2D eigenvalue weighted by Gasteiger charge is 2.04. The zero-order chi connectivity index (χ0) is 14.7. The van der Waals surface area contributed by atoms with Crippen LogP contribution in [0, 0.1) is 6.92 Å². The summed E-state index contributed by atoms with van der Waals surface area (Å²) in [5.41, 5.74) is 4.51. The van der Waals surface area contributed by atoms with Crippen molar-refractivity contribution in [2.75, 3.05) is 5.32 Å². The molecule has 21 heavy (non-hydrogen) atoms. The van der Waals surface area contributed by atoms with Crippen LogP contribution in [-0.2, 0) is 6.54 Å². The fraction of sp³-hybridized carbons (Fsp3) is 0.125. The first kappa shape index (κ1) is 13.8. The minimum atomic E-state index is 0.704. The van der Waals surface area contributed by atoms with E-state index in [2.05, 4.69) is 61.6 Å². The van der Waals surface area contributed by atoms with Gasteiger partial charge in [0.25, 0.3) is 0 Å². The quantitative estimate of drug-likeness (QED) is 0.748. The smallest absolute Gasteiger partial charge is 0.180 e. The highest BCUT2D eigenvalue weighted by molar-refractivity contribution is 9.10. The lowest BCUT2D eigenvalue weighted by molar-refractivity contribution is 1.09. The summed E-state index contributed by atoms with van der Waals surface area (Å²) >= 11 is 3.60. The van der Waals surface area contributed by atoms with Gasteiger partial charge < -0.3 is 5.32 Å². The topological polar surface area (TPSA) is 53.6 Å². The van der Waals surface area contributed by atoms with Crippen LogP contribution in [0.3, 0.4) is 0 Å². The maximum Gasteiger partial charge on any atom is 0.180 e. The third-order valence-electron chi connectivity index (χ3n) is 3.23. The van der Waals surface area contributed by atoms with Crippen molar-refractivity contribution in [3.8, 4) is 11.4 Å². The van der Waals surface area contributed by atoms with Gasteiger partial charge in [-0.2, -0.15) is 5.10 Å². The Bertz CT molecular complexity index is 738. The molecule has 1 aromatic heterocycles. The second-order valence-electron chi connectivity index (χ2n) is 4.85. The average Bonchev–Trinajstić information content (AvgIpc) is 3.01. The van der Waals surface area contributed by atoms with E-state index in [0.29, 0.717) is 5.82 Å². The molecule has 3 aromatic rings. The summed E-state index contributed by atoms with van der Waals surface area (Å²) in [5.74, 6) is 0.704. The van der Waals surface area contributed by atoms with Crippen LogP contribution in [0.4, 0.5) is 5.69 Å². The van der Waals surface area contributed by atoms with Crippen molar-refractivity contribution < 1.29 is 0 Å². The molecule has 3 rings (SSSR count). The van der Waals surface area contributed by atoms with Gasteiger partial charge in [0, 0.05) is 22.3 Å². The molecule has 2 aromatic carbocycles. The van der Waals surface area contributed by atoms with E-state index in [1.165, 1.54) is 11.1 Å². The number of halogens is 1. The van der Waals surface area contributed by atoms with Gasteiger partial charge in [-0.05, 0) is 36.2 Å². The van der Waals surface area contributed by atoms with Crippen molar-refractivity contribution in [3.63, 3.8) is 0 Å². The van der Waals surface area contributed by atoms with Crippen molar-refractivity contribution in [2.45, 2.75) is 13.5 Å². The molecule has 1 heterocycles. The molecule has 0 unspecified atom stereocenters. The van der Waals surface area contributed by atoms with Gasteiger partial charge >= 0.3 is 0 Å². The maximum atomic E-state index is 4.17. The summed E-state index contributed by atoms with van der Waals surface area (Å²) in [7, 11) is 0. The molecule has 2 N–H and O–H groups in total. The standard InChI is InChI=1S/C16H15BrN4/c1-11-5-6-13(15(17)7-11)9-18-14-4-2-3-12(8-14)16-19-10-20-21-16/h2-8,10,18H,9H2,1H3,(H,19,20,21). The molecule has 0 saturated carbocycles. The number of H-pyrrole nitrogens is 1. The van der Waals surface area contributed by atoms with Crippen LogP contribution in [0.25, 0.3) is 11.4 Å². The predicted molar refractivity (Wildman–Crippen MR) is 88.0 cm³/mol. The lowest BCUT2D eigenvalue weighted by Crippen LogP contribution is -2.00. The number of nitrogens with zero attached hydrogens (tertiary/aromatic N) is 2. The van der Waals surface area contributed by atoms with Gasteiger partial charge in [0.1, 0.15) is 6.33 Å². The van der Waals surface area contributed by atoms with Crippen molar-refractivity contribution in [2.24, 2.45) is 0 Å². The highest BCUT2D eigenvalue weighted by atomic mass is 79.9. The summed E-state index contributed by atoms with van der Waals surface area (Å²) in [6.45, 7) is 2.85. The molecule has 0 radical (unpaired) electrons. The second-order valence-corrected chi connectivity index (χ2v) is 5.71. The zero-order valence-corrected chi connectivity index (χ0v) is 13.2. The average molecular weight is 343 g/mol. The zero-order valence-electron chi connectivity index (χ0n) is 11.6. The number of hydrogen-bond donors (Lipinski definition) is 2. The molecule has 4 nitrogen and oxygen atoms in total. The second kappa shape index (κ2) is 6.10. The minimum Gasteiger partial charge on any atom is -0.381 e. The SMILES string of the molecule is Cc1ccc(CNc2cccc(-c3nc[nH]n3)c2)c(Br)c1. The van der Waals surface area contributed by atoms with Crippen LogP contribution in [0.1, 0.15) is 11.1 Å². The van der Waals surface area contributed by atoms with Crippen LogP contribution < -0.4 is 5.32 Å². The van der Waals surface area contributed by atoms with E-state index in [1.807, 2.05) is 24.3 Å². The molecular weight excluding hydrogens is 328 g/mol. The number of aryl methyl sites for hydroxylation is 1. The van der Waals surface area contributed by atoms with E-state index in [1.54, 1.807) is 6.33 Å². The Labute approximate surface area is 131 Å². The summed E-state index contributed by atoms with van der Waals surface area (Å²) < 4.78 is 1.13. The summed E-state index contributed by atoms with van der Waals surface area (Å²) in [6, 6.07) is 14.5. The van der Waals surface area contributed by atoms with Gasteiger partial charge in [-0.25, -0.2) is 4.98 Å². The first-order valence-electron chi connectivity index (χ1n) is 6.67. The number of hydrogen-bond acceptors (Lipinski definition) is 3. The third kappa shape index (κ3) is 3.31. The highest BCUT2D eigenvalue weighted by Crippen LogP contribution is 2.22. The number of nitrogens with one attached hydrogen (secondary N) is 2. The molecular formula is C16H15BrN4. The van der Waals surface area contributed by atoms with Crippen LogP contribution >= 0.6 is 15.9 Å². The monoisotopic (exact) mass is 342 g/mol. The first-order chi connectivity index (χ1) is 10.2. The van der Waals surface area contributed by atoms with E-state index in [9.17, 15) is 0 Å². The Balaban J connectivity index is 1.75. The van der Waals surface area contributed by atoms with Crippen LogP contribution in [0.2, 0.25) is 0 Å². The minimum absolute atomic E-state index is 0.704. The van der Waals surface area contributed by atoms with E-state index in [4.69, 9.17) is 0 Å². The lowest BCUT2D eigenvalue weighted by atomic mass is 10.1. The van der Waals surface area contributed by atoms with Crippen molar-refractivity contribution in [1.82, 2.24) is 15.2 Å². The molecule has 5 heteroatoms. The summed E-state index contributed by atoms with van der Waals surface area (Å²) in [5, 5.41) is 10.3. The molecule has 106 valence electrons. The molecule has 0 aliphatic heterocycles. The molecule has 0 amide bonds. The Morgan fingerprint density at radius 1 is 1.19 bits per heavy atom. The van der Waals surface area contributed by atoms with Crippen LogP contribution in [-0.4, -0.2) is 15.2 Å². The number of aromatic amines is 1. The first-order valence-corrected chi connectivity index (χ1v) is 7.47. The fourth-order valence-electron chi connectivity index (χ4n) is 2.11. The van der Waals surface area contributed by atoms with Crippen molar-refractivity contribution in [3.05, 3.63) is 64.4 Å². The normalized spacial score (nSPS) is 10.6. The number of anilines is 1. The van der Waals surface area contributed by atoms with Crippen molar-refractivity contribution >= 4 is 21.6 Å². The van der Waals surface area contributed by atoms with Gasteiger partial charge in [-0.1, -0.05) is 40.2 Å². The fourth-order valence-corrected chi connectivity index (χ4v) is 2.74. The van der Waals surface area contributed by atoms with Crippen molar-refractivity contribution in [1.29, 1.82) is 0 Å². The van der Waals surface area contributed by atoms with Crippen LogP contribution in [0.5, 0.6) is 0 Å². The molecule has 0 fully saturated rings. The largest absolute Gasteiger partial charge is 0.381 e. The summed E-state index contributed by atoms with van der Waals surface area (Å²) in [4.78, 5) is 4.17. The van der Waals surface area contributed by atoms with Gasteiger partial charge in [0.05, 0.1) is 0 Å². The predicted octanol–water partition coefficient (Wildman–Crippen LogP) is 4.15. The van der Waals surface area contributed by atoms with E-state index in [-0.39, 0.29) is 0 Å². The van der Waals surface area contributed by atoms with E-state index in [0.717, 1.165) is 22.3 Å². The third-order valence-corrected chi connectivity index (χ3v) is 3.97. The molecule has 0 aliphatic carbocycles. The molecule has 0 aliphatic rings. The van der Waals surface area contributed by atoms with Crippen LogP contribution in [0.15, 0.2) is 53.3 Å². The van der Waals surface area contributed by atoms with Gasteiger partial charge in [-0.3, -0.25) is 5.10 Å². The number of rotatable bonds is 4. The lowest BCUT2D eigenvalue weighted by Gasteiger charge is -2.09. The number of benzene rings is 2. The maximum absolute atomic E-state index is 4.17.